The maximum atomic E-state index is 12.5. The van der Waals surface area contributed by atoms with Crippen LogP contribution in [-0.2, 0) is 0 Å². The van der Waals surface area contributed by atoms with Gasteiger partial charge in [-0.15, -0.1) is 0 Å². The summed E-state index contributed by atoms with van der Waals surface area (Å²) in [4.78, 5) is 14.6. The summed E-state index contributed by atoms with van der Waals surface area (Å²) in [5.41, 5.74) is 2.36. The van der Waals surface area contributed by atoms with Gasteiger partial charge in [0.1, 0.15) is 0 Å². The Morgan fingerprint density at radius 1 is 1.24 bits per heavy atom. The number of aryl methyl sites for hydroxylation is 1. The zero-order valence-corrected chi connectivity index (χ0v) is 12.8. The number of para-hydroxylation sites is 1. The van der Waals surface area contributed by atoms with Crippen LogP contribution in [0.15, 0.2) is 36.4 Å². The van der Waals surface area contributed by atoms with E-state index in [1.807, 2.05) is 36.1 Å². The van der Waals surface area contributed by atoms with Gasteiger partial charge in [-0.05, 0) is 56.1 Å². The number of likely N-dealkylation sites (tertiary alicyclic amines) is 1. The topological polar surface area (TPSA) is 32.3 Å². The zero-order valence-electron chi connectivity index (χ0n) is 12.8. The number of anilines is 1. The third kappa shape index (κ3) is 3.12. The first-order valence-corrected chi connectivity index (χ1v) is 7.95. The normalized spacial score (nSPS) is 25.1. The molecule has 1 spiro atoms. The highest BCUT2D eigenvalue weighted by Gasteiger charge is 2.36. The number of nitrogens with one attached hydrogen (secondary N) is 1. The van der Waals surface area contributed by atoms with Gasteiger partial charge in [0.15, 0.2) is 0 Å². The molecule has 0 bridgehead atoms. The summed E-state index contributed by atoms with van der Waals surface area (Å²) >= 11 is 0. The number of benzene rings is 1. The number of carbonyl (C=O) groups excluding carboxylic acids is 1. The Morgan fingerprint density at radius 3 is 2.86 bits per heavy atom. The predicted octanol–water partition coefficient (Wildman–Crippen LogP) is 4.35. The van der Waals surface area contributed by atoms with Crippen molar-refractivity contribution in [3.63, 3.8) is 0 Å². The van der Waals surface area contributed by atoms with E-state index in [9.17, 15) is 4.79 Å². The molecule has 0 aromatic heterocycles. The first kappa shape index (κ1) is 14.2. The molecule has 1 unspecified atom stereocenters. The maximum Gasteiger partial charge on any atom is 0.321 e. The van der Waals surface area contributed by atoms with E-state index in [-0.39, 0.29) is 6.03 Å². The van der Waals surface area contributed by atoms with Crippen LogP contribution in [0.4, 0.5) is 10.5 Å². The molecule has 3 nitrogen and oxygen atoms in total. The van der Waals surface area contributed by atoms with Gasteiger partial charge >= 0.3 is 6.03 Å². The number of hydrogen-bond donors (Lipinski definition) is 1. The van der Waals surface area contributed by atoms with Crippen molar-refractivity contribution in [3.05, 3.63) is 42.0 Å². The van der Waals surface area contributed by atoms with Crippen LogP contribution in [0.25, 0.3) is 0 Å². The minimum absolute atomic E-state index is 0.0536. The average Bonchev–Trinajstić information content (AvgIpc) is 2.50. The lowest BCUT2D eigenvalue weighted by Gasteiger charge is -2.43. The molecule has 1 aromatic carbocycles. The Kier molecular flexibility index (Phi) is 4.00. The summed E-state index contributed by atoms with van der Waals surface area (Å²) in [6, 6.07) is 8.01. The number of urea groups is 1. The van der Waals surface area contributed by atoms with Crippen molar-refractivity contribution < 1.29 is 4.79 Å². The molecule has 0 saturated carbocycles. The molecular formula is C18H24N2O. The largest absolute Gasteiger partial charge is 0.324 e. The Bertz CT molecular complexity index is 552. The summed E-state index contributed by atoms with van der Waals surface area (Å²) in [6.45, 7) is 3.80. The van der Waals surface area contributed by atoms with E-state index < -0.39 is 0 Å². The van der Waals surface area contributed by atoms with E-state index in [1.54, 1.807) is 0 Å². The van der Waals surface area contributed by atoms with Crippen LogP contribution in [0.5, 0.6) is 0 Å². The summed E-state index contributed by atoms with van der Waals surface area (Å²) < 4.78 is 0. The SMILES string of the molecule is Cc1ccccc1NC(=O)N1CCCC2(CC=CCC2)C1. The van der Waals surface area contributed by atoms with Crippen molar-refractivity contribution in [1.82, 2.24) is 4.90 Å². The van der Waals surface area contributed by atoms with Gasteiger partial charge in [-0.3, -0.25) is 0 Å². The smallest absolute Gasteiger partial charge is 0.321 e. The molecule has 1 atom stereocenters. The van der Waals surface area contributed by atoms with E-state index >= 15 is 0 Å². The van der Waals surface area contributed by atoms with E-state index in [1.165, 1.54) is 12.8 Å². The molecule has 1 aliphatic carbocycles. The molecule has 2 aliphatic rings. The fraction of sp³-hybridized carbons (Fsp3) is 0.500. The van der Waals surface area contributed by atoms with E-state index in [0.29, 0.717) is 5.41 Å². The standard InChI is InChI=1S/C18H24N2O/c1-15-8-3-4-9-16(15)19-17(21)20-13-7-12-18(14-20)10-5-2-6-11-18/h2-5,8-9H,6-7,10-14H2,1H3,(H,19,21). The Morgan fingerprint density at radius 2 is 2.10 bits per heavy atom. The Hall–Kier alpha value is -1.77. The second kappa shape index (κ2) is 5.92. The van der Waals surface area contributed by atoms with Gasteiger partial charge in [0, 0.05) is 18.8 Å². The number of allylic oxidation sites excluding steroid dienone is 2. The van der Waals surface area contributed by atoms with Gasteiger partial charge in [-0.2, -0.15) is 0 Å². The number of carbonyl (C=O) groups is 1. The molecule has 0 radical (unpaired) electrons. The lowest BCUT2D eigenvalue weighted by atomic mass is 9.71. The zero-order chi connectivity index (χ0) is 14.7. The molecule has 1 aromatic rings. The van der Waals surface area contributed by atoms with Gasteiger partial charge in [0.25, 0.3) is 0 Å². The van der Waals surface area contributed by atoms with E-state index in [4.69, 9.17) is 0 Å². The molecule has 3 rings (SSSR count). The van der Waals surface area contributed by atoms with E-state index in [2.05, 4.69) is 17.5 Å². The second-order valence-electron chi connectivity index (χ2n) is 6.48. The highest BCUT2D eigenvalue weighted by Crippen LogP contribution is 2.40. The van der Waals surface area contributed by atoms with Crippen LogP contribution in [0.1, 0.15) is 37.7 Å². The Balaban J connectivity index is 1.67. The van der Waals surface area contributed by atoms with E-state index in [0.717, 1.165) is 43.6 Å². The maximum absolute atomic E-state index is 12.5. The van der Waals surface area contributed by atoms with Crippen molar-refractivity contribution in [2.45, 2.75) is 39.0 Å². The lowest BCUT2D eigenvalue weighted by molar-refractivity contribution is 0.102. The fourth-order valence-corrected chi connectivity index (χ4v) is 3.60. The third-order valence-electron chi connectivity index (χ3n) is 4.89. The van der Waals surface area contributed by atoms with Crippen molar-refractivity contribution in [1.29, 1.82) is 0 Å². The second-order valence-corrected chi connectivity index (χ2v) is 6.48. The molecule has 3 heteroatoms. The highest BCUT2D eigenvalue weighted by molar-refractivity contribution is 5.90. The van der Waals surface area contributed by atoms with Crippen molar-refractivity contribution in [2.75, 3.05) is 18.4 Å². The average molecular weight is 284 g/mol. The van der Waals surface area contributed by atoms with Gasteiger partial charge < -0.3 is 10.2 Å². The third-order valence-corrected chi connectivity index (χ3v) is 4.89. The van der Waals surface area contributed by atoms with Crippen LogP contribution in [0.2, 0.25) is 0 Å². The van der Waals surface area contributed by atoms with Crippen molar-refractivity contribution in [3.8, 4) is 0 Å². The van der Waals surface area contributed by atoms with Gasteiger partial charge in [0.2, 0.25) is 0 Å². The predicted molar refractivity (Wildman–Crippen MR) is 86.4 cm³/mol. The van der Waals surface area contributed by atoms with Crippen molar-refractivity contribution >= 4 is 11.7 Å². The van der Waals surface area contributed by atoms with Crippen LogP contribution in [-0.4, -0.2) is 24.0 Å². The number of nitrogens with zero attached hydrogens (tertiary/aromatic N) is 1. The molecule has 2 amide bonds. The number of piperidine rings is 1. The van der Waals surface area contributed by atoms with Gasteiger partial charge in [-0.25, -0.2) is 4.79 Å². The highest BCUT2D eigenvalue weighted by atomic mass is 16.2. The molecule has 112 valence electrons. The summed E-state index contributed by atoms with van der Waals surface area (Å²) in [6.07, 6.45) is 10.5. The minimum Gasteiger partial charge on any atom is -0.324 e. The van der Waals surface area contributed by atoms with Crippen LogP contribution in [0.3, 0.4) is 0 Å². The number of amides is 2. The fourth-order valence-electron chi connectivity index (χ4n) is 3.60. The molecule has 1 aliphatic heterocycles. The first-order chi connectivity index (χ1) is 10.2. The molecular weight excluding hydrogens is 260 g/mol. The summed E-state index contributed by atoms with van der Waals surface area (Å²) in [5, 5.41) is 3.07. The van der Waals surface area contributed by atoms with Crippen LogP contribution in [0, 0.1) is 12.3 Å². The lowest BCUT2D eigenvalue weighted by Crippen LogP contribution is -2.48. The van der Waals surface area contributed by atoms with Gasteiger partial charge in [0.05, 0.1) is 0 Å². The molecule has 1 N–H and O–H groups in total. The van der Waals surface area contributed by atoms with Crippen LogP contribution >= 0.6 is 0 Å². The summed E-state index contributed by atoms with van der Waals surface area (Å²) in [7, 11) is 0. The molecule has 1 fully saturated rings. The van der Waals surface area contributed by atoms with Gasteiger partial charge in [-0.1, -0.05) is 30.4 Å². The monoisotopic (exact) mass is 284 g/mol. The number of rotatable bonds is 1. The van der Waals surface area contributed by atoms with Crippen LogP contribution < -0.4 is 5.32 Å². The first-order valence-electron chi connectivity index (χ1n) is 7.95. The number of hydrogen-bond acceptors (Lipinski definition) is 1. The molecule has 1 heterocycles. The molecule has 21 heavy (non-hydrogen) atoms. The summed E-state index contributed by atoms with van der Waals surface area (Å²) in [5.74, 6) is 0. The quantitative estimate of drug-likeness (QED) is 0.764. The minimum atomic E-state index is 0.0536. The van der Waals surface area contributed by atoms with Crippen molar-refractivity contribution in [2.24, 2.45) is 5.41 Å². The molecule has 1 saturated heterocycles. The Labute approximate surface area is 127 Å².